The number of nitrogens with zero attached hydrogens (tertiary/aromatic N) is 5. The Bertz CT molecular complexity index is 775. The maximum Gasteiger partial charge on any atom is 0.137 e. The smallest absolute Gasteiger partial charge is 0.137 e. The summed E-state index contributed by atoms with van der Waals surface area (Å²) >= 11 is 1.75. The lowest BCUT2D eigenvalue weighted by molar-refractivity contribution is 0.195. The van der Waals surface area contributed by atoms with Crippen molar-refractivity contribution in [3.63, 3.8) is 0 Å². The van der Waals surface area contributed by atoms with Crippen LogP contribution in [0, 0.1) is 0 Å². The molecule has 3 aromatic heterocycles. The summed E-state index contributed by atoms with van der Waals surface area (Å²) in [6, 6.07) is 4.23. The van der Waals surface area contributed by atoms with Crippen molar-refractivity contribution < 1.29 is 0 Å². The minimum atomic E-state index is 0.471. The number of aromatic amines is 1. The second kappa shape index (κ2) is 6.86. The minimum absolute atomic E-state index is 0.471. The first kappa shape index (κ1) is 15.5. The van der Waals surface area contributed by atoms with E-state index in [0.29, 0.717) is 5.92 Å². The molecule has 3 aromatic rings. The molecule has 1 aliphatic heterocycles. The average molecular weight is 342 g/mol. The molecule has 1 fully saturated rings. The molecule has 0 bridgehead atoms. The lowest BCUT2D eigenvalue weighted by Crippen LogP contribution is -2.35. The summed E-state index contributed by atoms with van der Waals surface area (Å²) in [7, 11) is 0. The van der Waals surface area contributed by atoms with Gasteiger partial charge in [-0.2, -0.15) is 5.10 Å². The lowest BCUT2D eigenvalue weighted by Gasteiger charge is -2.32. The van der Waals surface area contributed by atoms with E-state index >= 15 is 0 Å². The number of likely N-dealkylation sites (tertiary alicyclic amines) is 1. The van der Waals surface area contributed by atoms with Crippen LogP contribution in [-0.2, 0) is 13.1 Å². The Kier molecular flexibility index (Phi) is 4.44. The molecule has 4 heterocycles. The monoisotopic (exact) mass is 342 g/mol. The van der Waals surface area contributed by atoms with Crippen LogP contribution < -0.4 is 0 Å². The molecule has 0 radical (unpaired) electrons. The van der Waals surface area contributed by atoms with E-state index in [1.807, 2.05) is 12.5 Å². The van der Waals surface area contributed by atoms with Crippen molar-refractivity contribution in [2.75, 3.05) is 13.1 Å². The Labute approximate surface area is 145 Å². The van der Waals surface area contributed by atoms with Gasteiger partial charge in [0.2, 0.25) is 0 Å². The molecule has 6 nitrogen and oxygen atoms in total. The van der Waals surface area contributed by atoms with E-state index in [2.05, 4.69) is 54.3 Å². The van der Waals surface area contributed by atoms with Crippen molar-refractivity contribution in [1.29, 1.82) is 0 Å². The van der Waals surface area contributed by atoms with Crippen LogP contribution in [0.5, 0.6) is 0 Å². The van der Waals surface area contributed by atoms with Crippen molar-refractivity contribution >= 4 is 11.3 Å². The summed E-state index contributed by atoms with van der Waals surface area (Å²) in [5, 5.41) is 18.0. The largest absolute Gasteiger partial charge is 0.318 e. The summed E-state index contributed by atoms with van der Waals surface area (Å²) in [6.45, 7) is 6.18. The van der Waals surface area contributed by atoms with Gasteiger partial charge < -0.3 is 4.57 Å². The zero-order valence-electron chi connectivity index (χ0n) is 13.9. The number of nitrogens with one attached hydrogen (secondary N) is 1. The van der Waals surface area contributed by atoms with Crippen LogP contribution >= 0.6 is 11.3 Å². The summed E-state index contributed by atoms with van der Waals surface area (Å²) in [5.41, 5.74) is 2.43. The van der Waals surface area contributed by atoms with Crippen molar-refractivity contribution in [2.45, 2.75) is 38.8 Å². The zero-order chi connectivity index (χ0) is 16.4. The number of hydrogen-bond donors (Lipinski definition) is 1. The first-order valence-corrected chi connectivity index (χ1v) is 9.39. The second-order valence-electron chi connectivity index (χ2n) is 6.30. The maximum absolute atomic E-state index is 4.37. The van der Waals surface area contributed by atoms with Crippen molar-refractivity contribution in [3.8, 4) is 10.6 Å². The van der Waals surface area contributed by atoms with E-state index in [1.54, 1.807) is 11.3 Å². The molecule has 0 aromatic carbocycles. The van der Waals surface area contributed by atoms with Crippen LogP contribution in [0.4, 0.5) is 0 Å². The molecule has 1 N–H and O–H groups in total. The molecule has 1 aliphatic rings. The normalized spacial score (nSPS) is 19.0. The second-order valence-corrected chi connectivity index (χ2v) is 7.24. The van der Waals surface area contributed by atoms with Gasteiger partial charge in [-0.1, -0.05) is 6.07 Å². The highest BCUT2D eigenvalue weighted by atomic mass is 32.1. The SMILES string of the molecule is CCn1cnnc1C1CCCN(Cc2cn[nH]c2-c2cccs2)C1. The number of aryl methyl sites for hydroxylation is 1. The van der Waals surface area contributed by atoms with Gasteiger partial charge >= 0.3 is 0 Å². The first-order chi connectivity index (χ1) is 11.8. The number of hydrogen-bond acceptors (Lipinski definition) is 5. The van der Waals surface area contributed by atoms with Crippen LogP contribution in [0.2, 0.25) is 0 Å². The van der Waals surface area contributed by atoms with Crippen LogP contribution in [-0.4, -0.2) is 43.0 Å². The van der Waals surface area contributed by atoms with Gasteiger partial charge in [-0.15, -0.1) is 21.5 Å². The van der Waals surface area contributed by atoms with Gasteiger partial charge in [0, 0.05) is 31.1 Å². The van der Waals surface area contributed by atoms with E-state index in [0.717, 1.165) is 37.7 Å². The average Bonchev–Trinajstić information content (AvgIpc) is 3.35. The highest BCUT2D eigenvalue weighted by Crippen LogP contribution is 2.30. The third-order valence-corrected chi connectivity index (χ3v) is 5.62. The molecule has 126 valence electrons. The number of rotatable bonds is 5. The Hall–Kier alpha value is -1.99. The molecule has 1 saturated heterocycles. The van der Waals surface area contributed by atoms with Gasteiger partial charge in [0.1, 0.15) is 12.2 Å². The molecular formula is C17H22N6S. The summed E-state index contributed by atoms with van der Waals surface area (Å²) in [5.74, 6) is 1.60. The Morgan fingerprint density at radius 3 is 3.21 bits per heavy atom. The minimum Gasteiger partial charge on any atom is -0.318 e. The highest BCUT2D eigenvalue weighted by Gasteiger charge is 2.25. The Balaban J connectivity index is 1.49. The van der Waals surface area contributed by atoms with E-state index in [-0.39, 0.29) is 0 Å². The molecule has 0 spiro atoms. The molecular weight excluding hydrogens is 320 g/mol. The van der Waals surface area contributed by atoms with Gasteiger partial charge in [-0.25, -0.2) is 0 Å². The number of H-pyrrole nitrogens is 1. The van der Waals surface area contributed by atoms with Crippen molar-refractivity contribution in [2.24, 2.45) is 0 Å². The lowest BCUT2D eigenvalue weighted by atomic mass is 9.96. The fourth-order valence-electron chi connectivity index (χ4n) is 3.54. The number of piperidine rings is 1. The van der Waals surface area contributed by atoms with Gasteiger partial charge in [0.25, 0.3) is 0 Å². The third kappa shape index (κ3) is 3.01. The molecule has 4 rings (SSSR count). The van der Waals surface area contributed by atoms with Crippen LogP contribution in [0.25, 0.3) is 10.6 Å². The zero-order valence-corrected chi connectivity index (χ0v) is 14.7. The number of aromatic nitrogens is 5. The highest BCUT2D eigenvalue weighted by molar-refractivity contribution is 7.13. The third-order valence-electron chi connectivity index (χ3n) is 4.74. The van der Waals surface area contributed by atoms with Crippen LogP contribution in [0.15, 0.2) is 30.0 Å². The fourth-order valence-corrected chi connectivity index (χ4v) is 4.30. The number of thiophene rings is 1. The van der Waals surface area contributed by atoms with Crippen molar-refractivity contribution in [1.82, 2.24) is 29.9 Å². The predicted molar refractivity (Wildman–Crippen MR) is 94.8 cm³/mol. The first-order valence-electron chi connectivity index (χ1n) is 8.51. The fraction of sp³-hybridized carbons (Fsp3) is 0.471. The van der Waals surface area contributed by atoms with E-state index in [9.17, 15) is 0 Å². The molecule has 1 atom stereocenters. The van der Waals surface area contributed by atoms with Crippen molar-refractivity contribution in [3.05, 3.63) is 41.4 Å². The van der Waals surface area contributed by atoms with Crippen LogP contribution in [0.1, 0.15) is 37.1 Å². The van der Waals surface area contributed by atoms with Gasteiger partial charge in [-0.3, -0.25) is 10.00 Å². The maximum atomic E-state index is 4.37. The van der Waals surface area contributed by atoms with Gasteiger partial charge in [0.05, 0.1) is 16.8 Å². The standard InChI is InChI=1S/C17H22N6S/c1-2-23-12-19-21-17(23)13-5-3-7-22(10-13)11-14-9-18-20-16(14)15-6-4-8-24-15/h4,6,8-9,12-13H,2-3,5,7,10-11H2,1H3,(H,18,20). The predicted octanol–water partition coefficient (Wildman–Crippen LogP) is 3.13. The van der Waals surface area contributed by atoms with E-state index in [4.69, 9.17) is 0 Å². The molecule has 1 unspecified atom stereocenters. The Morgan fingerprint density at radius 2 is 2.38 bits per heavy atom. The molecule has 7 heteroatoms. The molecule has 0 aliphatic carbocycles. The topological polar surface area (TPSA) is 62.6 Å². The molecule has 0 saturated carbocycles. The molecule has 24 heavy (non-hydrogen) atoms. The van der Waals surface area contributed by atoms with E-state index in [1.165, 1.54) is 23.3 Å². The Morgan fingerprint density at radius 1 is 1.42 bits per heavy atom. The summed E-state index contributed by atoms with van der Waals surface area (Å²) in [6.07, 6.45) is 6.21. The van der Waals surface area contributed by atoms with Gasteiger partial charge in [0.15, 0.2) is 0 Å². The van der Waals surface area contributed by atoms with Gasteiger partial charge in [-0.05, 0) is 37.8 Å². The molecule has 0 amide bonds. The van der Waals surface area contributed by atoms with Crippen LogP contribution in [0.3, 0.4) is 0 Å². The summed E-state index contributed by atoms with van der Waals surface area (Å²) < 4.78 is 2.17. The van der Waals surface area contributed by atoms with E-state index < -0.39 is 0 Å². The summed E-state index contributed by atoms with van der Waals surface area (Å²) in [4.78, 5) is 3.77. The quantitative estimate of drug-likeness (QED) is 0.774.